The van der Waals surface area contributed by atoms with Crippen LogP contribution in [0.5, 0.6) is 0 Å². The van der Waals surface area contributed by atoms with Crippen LogP contribution in [-0.4, -0.2) is 40.0 Å². The number of nitrogens with two attached hydrogens (primary N) is 1. The second kappa shape index (κ2) is 5.66. The fourth-order valence-corrected chi connectivity index (χ4v) is 3.75. The Bertz CT molecular complexity index is 562. The van der Waals surface area contributed by atoms with E-state index in [1.807, 2.05) is 7.05 Å². The Hall–Kier alpha value is -0.820. The van der Waals surface area contributed by atoms with Crippen LogP contribution in [0.15, 0.2) is 23.1 Å². The first-order valence-electron chi connectivity index (χ1n) is 6.12. The fraction of sp³-hybridized carbons (Fsp3) is 0.500. The molecule has 0 amide bonds. The average molecular weight is 304 g/mol. The molecule has 1 atom stereocenters. The number of halogens is 1. The molecule has 2 rings (SSSR count). The molecule has 0 spiro atoms. The molecular formula is C12H18ClN3O2S. The van der Waals surface area contributed by atoms with Crippen LogP contribution in [0.2, 0.25) is 5.02 Å². The number of nitrogen functional groups attached to an aromatic ring is 1. The van der Waals surface area contributed by atoms with Crippen LogP contribution in [0.1, 0.15) is 6.42 Å². The van der Waals surface area contributed by atoms with E-state index in [4.69, 9.17) is 17.3 Å². The maximum Gasteiger partial charge on any atom is 0.242 e. The van der Waals surface area contributed by atoms with E-state index in [2.05, 4.69) is 9.62 Å². The molecule has 1 aliphatic rings. The highest BCUT2D eigenvalue weighted by Gasteiger charge is 2.23. The van der Waals surface area contributed by atoms with Gasteiger partial charge in [0.25, 0.3) is 0 Å². The molecule has 0 radical (unpaired) electrons. The summed E-state index contributed by atoms with van der Waals surface area (Å²) in [6, 6.07) is 4.45. The molecule has 1 saturated heterocycles. The zero-order valence-electron chi connectivity index (χ0n) is 10.8. The minimum Gasteiger partial charge on any atom is -0.398 e. The number of hydrogen-bond donors (Lipinski definition) is 2. The van der Waals surface area contributed by atoms with Crippen molar-refractivity contribution < 1.29 is 8.42 Å². The summed E-state index contributed by atoms with van der Waals surface area (Å²) in [5.41, 5.74) is 5.90. The molecule has 5 nitrogen and oxygen atoms in total. The van der Waals surface area contributed by atoms with Crippen molar-refractivity contribution in [2.45, 2.75) is 11.3 Å². The molecule has 1 aromatic carbocycles. The van der Waals surface area contributed by atoms with Gasteiger partial charge in [-0.3, -0.25) is 0 Å². The van der Waals surface area contributed by atoms with Gasteiger partial charge in [-0.2, -0.15) is 0 Å². The molecule has 0 saturated carbocycles. The second-order valence-corrected chi connectivity index (χ2v) is 7.12. The molecule has 19 heavy (non-hydrogen) atoms. The number of anilines is 1. The lowest BCUT2D eigenvalue weighted by molar-refractivity contribution is 0.394. The van der Waals surface area contributed by atoms with Crippen LogP contribution < -0.4 is 10.5 Å². The summed E-state index contributed by atoms with van der Waals surface area (Å²) in [5.74, 6) is 0.347. The van der Waals surface area contributed by atoms with Gasteiger partial charge in [0.2, 0.25) is 10.0 Å². The summed E-state index contributed by atoms with van der Waals surface area (Å²) < 4.78 is 27.0. The lowest BCUT2D eigenvalue weighted by Crippen LogP contribution is -2.31. The first-order chi connectivity index (χ1) is 8.88. The third kappa shape index (κ3) is 3.60. The number of rotatable bonds is 4. The molecular weight excluding hydrogens is 286 g/mol. The summed E-state index contributed by atoms with van der Waals surface area (Å²) >= 11 is 5.81. The topological polar surface area (TPSA) is 75.4 Å². The Morgan fingerprint density at radius 3 is 2.89 bits per heavy atom. The van der Waals surface area contributed by atoms with Crippen molar-refractivity contribution in [1.82, 2.24) is 9.62 Å². The van der Waals surface area contributed by atoms with Crippen molar-refractivity contribution in [2.24, 2.45) is 5.92 Å². The molecule has 1 aliphatic heterocycles. The van der Waals surface area contributed by atoms with Crippen LogP contribution in [0.4, 0.5) is 5.69 Å². The molecule has 3 N–H and O–H groups in total. The molecule has 1 aromatic rings. The SMILES string of the molecule is CN1CCC(CNS(=O)(=O)c2cc(Cl)ccc2N)C1. The number of hydrogen-bond acceptors (Lipinski definition) is 4. The Morgan fingerprint density at radius 2 is 2.26 bits per heavy atom. The summed E-state index contributed by atoms with van der Waals surface area (Å²) in [6.07, 6.45) is 1.00. The fourth-order valence-electron chi connectivity index (χ4n) is 2.24. The van der Waals surface area contributed by atoms with Gasteiger partial charge in [0, 0.05) is 18.1 Å². The quantitative estimate of drug-likeness (QED) is 0.818. The highest BCUT2D eigenvalue weighted by atomic mass is 35.5. The average Bonchev–Trinajstić information content (AvgIpc) is 2.76. The predicted molar refractivity (Wildman–Crippen MR) is 76.7 cm³/mol. The Balaban J connectivity index is 2.08. The highest BCUT2D eigenvalue weighted by molar-refractivity contribution is 7.89. The Morgan fingerprint density at radius 1 is 1.53 bits per heavy atom. The second-order valence-electron chi connectivity index (χ2n) is 4.95. The summed E-state index contributed by atoms with van der Waals surface area (Å²) in [5, 5.41) is 0.357. The van der Waals surface area contributed by atoms with Gasteiger partial charge in [0.15, 0.2) is 0 Å². The van der Waals surface area contributed by atoms with Gasteiger partial charge in [-0.15, -0.1) is 0 Å². The molecule has 0 aromatic heterocycles. The van der Waals surface area contributed by atoms with E-state index in [0.29, 0.717) is 17.5 Å². The van der Waals surface area contributed by atoms with Crippen molar-refractivity contribution >= 4 is 27.3 Å². The van der Waals surface area contributed by atoms with Gasteiger partial charge in [-0.25, -0.2) is 13.1 Å². The summed E-state index contributed by atoms with van der Waals surface area (Å²) in [6.45, 7) is 2.35. The van der Waals surface area contributed by atoms with Gasteiger partial charge < -0.3 is 10.6 Å². The van der Waals surface area contributed by atoms with Crippen LogP contribution in [0.25, 0.3) is 0 Å². The van der Waals surface area contributed by atoms with E-state index in [-0.39, 0.29) is 10.6 Å². The van der Waals surface area contributed by atoms with E-state index >= 15 is 0 Å². The van der Waals surface area contributed by atoms with E-state index in [1.165, 1.54) is 12.1 Å². The number of sulfonamides is 1. The van der Waals surface area contributed by atoms with E-state index < -0.39 is 10.0 Å². The van der Waals surface area contributed by atoms with Gasteiger partial charge in [-0.1, -0.05) is 11.6 Å². The van der Waals surface area contributed by atoms with Gasteiger partial charge in [0.05, 0.1) is 5.69 Å². The van der Waals surface area contributed by atoms with Crippen molar-refractivity contribution in [3.63, 3.8) is 0 Å². The van der Waals surface area contributed by atoms with Gasteiger partial charge in [0.1, 0.15) is 4.90 Å². The predicted octanol–water partition coefficient (Wildman–Crippen LogP) is 1.15. The highest BCUT2D eigenvalue weighted by Crippen LogP contribution is 2.23. The first kappa shape index (κ1) is 14.6. The zero-order chi connectivity index (χ0) is 14.0. The van der Waals surface area contributed by atoms with E-state index in [0.717, 1.165) is 19.5 Å². The van der Waals surface area contributed by atoms with Crippen molar-refractivity contribution in [1.29, 1.82) is 0 Å². The third-order valence-electron chi connectivity index (χ3n) is 3.32. The maximum atomic E-state index is 12.2. The van der Waals surface area contributed by atoms with Crippen LogP contribution in [0.3, 0.4) is 0 Å². The molecule has 106 valence electrons. The minimum absolute atomic E-state index is 0.0475. The van der Waals surface area contributed by atoms with Crippen molar-refractivity contribution in [3.05, 3.63) is 23.2 Å². The van der Waals surface area contributed by atoms with Crippen LogP contribution >= 0.6 is 11.6 Å². The molecule has 1 heterocycles. The molecule has 0 aliphatic carbocycles. The van der Waals surface area contributed by atoms with Crippen LogP contribution in [-0.2, 0) is 10.0 Å². The molecule has 1 unspecified atom stereocenters. The number of nitrogens with one attached hydrogen (secondary N) is 1. The van der Waals surface area contributed by atoms with Gasteiger partial charge >= 0.3 is 0 Å². The third-order valence-corrected chi connectivity index (χ3v) is 5.03. The largest absolute Gasteiger partial charge is 0.398 e. The van der Waals surface area contributed by atoms with Crippen LogP contribution in [0, 0.1) is 5.92 Å². The lowest BCUT2D eigenvalue weighted by Gasteiger charge is -2.13. The van der Waals surface area contributed by atoms with Crippen molar-refractivity contribution in [3.8, 4) is 0 Å². The molecule has 0 bridgehead atoms. The van der Waals surface area contributed by atoms with E-state index in [9.17, 15) is 8.42 Å². The number of likely N-dealkylation sites (tertiary alicyclic amines) is 1. The molecule has 7 heteroatoms. The van der Waals surface area contributed by atoms with Gasteiger partial charge in [-0.05, 0) is 44.1 Å². The summed E-state index contributed by atoms with van der Waals surface area (Å²) in [4.78, 5) is 2.23. The minimum atomic E-state index is -3.60. The smallest absolute Gasteiger partial charge is 0.242 e. The Labute approximate surface area is 118 Å². The van der Waals surface area contributed by atoms with Crippen molar-refractivity contribution in [2.75, 3.05) is 32.4 Å². The standard InChI is InChI=1S/C12H18ClN3O2S/c1-16-5-4-9(8-16)7-15-19(17,18)12-6-10(13)2-3-11(12)14/h2-3,6,9,15H,4-5,7-8,14H2,1H3. The van der Waals surface area contributed by atoms with E-state index in [1.54, 1.807) is 6.07 Å². The summed E-state index contributed by atoms with van der Waals surface area (Å²) in [7, 11) is -1.57. The zero-order valence-corrected chi connectivity index (χ0v) is 12.3. The monoisotopic (exact) mass is 303 g/mol. The number of benzene rings is 1. The Kier molecular flexibility index (Phi) is 4.35. The normalized spacial score (nSPS) is 20.8. The number of nitrogens with zero attached hydrogens (tertiary/aromatic N) is 1. The maximum absolute atomic E-state index is 12.2. The lowest BCUT2D eigenvalue weighted by atomic mass is 10.1. The molecule has 1 fully saturated rings. The first-order valence-corrected chi connectivity index (χ1v) is 7.98.